The van der Waals surface area contributed by atoms with Crippen LogP contribution in [0, 0.1) is 0 Å². The molecule has 0 amide bonds. The van der Waals surface area contributed by atoms with Crippen LogP contribution in [0.5, 0.6) is 23.0 Å². The van der Waals surface area contributed by atoms with E-state index in [1.165, 1.54) is 6.26 Å². The maximum Gasteiger partial charge on any atom is 0.177 e. The summed E-state index contributed by atoms with van der Waals surface area (Å²) in [6.07, 6.45) is 1.22. The minimum atomic E-state index is -3.67. The number of benzene rings is 3. The van der Waals surface area contributed by atoms with Crippen LogP contribution in [0.25, 0.3) is 0 Å². The third kappa shape index (κ3) is 6.87. The number of nitrogens with one attached hydrogen (secondary N) is 1. The molecule has 1 heterocycles. The van der Waals surface area contributed by atoms with Crippen LogP contribution in [0.4, 0.5) is 11.4 Å². The maximum atomic E-state index is 13.3. The Kier molecular flexibility index (Phi) is 10.5. The standard InChI is InChI=1S/C31H39Cl2N3O6S/c1-19(24-14-21(32)16-27(39-3)30(24)41-5)36(20(2)25-15-22(33)17-28(40-4)31(25)42-6)26-18-23(35-12-10-34-11-13-35)8-9-29(26)43(7,37)38/h8-9,14-20,34H,10-13H2,1-7H3. The zero-order valence-corrected chi connectivity index (χ0v) is 27.9. The van der Waals surface area contributed by atoms with Crippen LogP contribution in [0.3, 0.4) is 0 Å². The summed E-state index contributed by atoms with van der Waals surface area (Å²) in [6.45, 7) is 7.20. The van der Waals surface area contributed by atoms with Gasteiger partial charge in [-0.2, -0.15) is 0 Å². The normalized spacial score (nSPS) is 15.0. The summed E-state index contributed by atoms with van der Waals surface area (Å²) in [5, 5.41) is 4.27. The van der Waals surface area contributed by atoms with E-state index in [0.29, 0.717) is 49.9 Å². The molecule has 1 N–H and O–H groups in total. The topological polar surface area (TPSA) is 89.6 Å². The molecule has 234 valence electrons. The molecule has 1 fully saturated rings. The van der Waals surface area contributed by atoms with Crippen molar-refractivity contribution in [1.82, 2.24) is 5.32 Å². The van der Waals surface area contributed by atoms with Crippen molar-refractivity contribution in [2.24, 2.45) is 0 Å². The van der Waals surface area contributed by atoms with E-state index in [-0.39, 0.29) is 4.90 Å². The molecule has 2 atom stereocenters. The lowest BCUT2D eigenvalue weighted by molar-refractivity contribution is 0.345. The number of rotatable bonds is 11. The molecule has 12 heteroatoms. The van der Waals surface area contributed by atoms with Gasteiger partial charge < -0.3 is 34.1 Å². The molecule has 1 saturated heterocycles. The number of sulfone groups is 1. The molecule has 0 aromatic heterocycles. The Morgan fingerprint density at radius 3 is 1.70 bits per heavy atom. The predicted molar refractivity (Wildman–Crippen MR) is 173 cm³/mol. The Labute approximate surface area is 264 Å². The lowest BCUT2D eigenvalue weighted by atomic mass is 9.97. The second kappa shape index (κ2) is 13.7. The molecule has 0 bridgehead atoms. The first kappa shape index (κ1) is 32.9. The van der Waals surface area contributed by atoms with Gasteiger partial charge in [0.05, 0.1) is 51.1 Å². The lowest BCUT2D eigenvalue weighted by Crippen LogP contribution is -2.43. The molecule has 2 unspecified atom stereocenters. The van der Waals surface area contributed by atoms with Gasteiger partial charge in [0.1, 0.15) is 0 Å². The van der Waals surface area contributed by atoms with Crippen molar-refractivity contribution in [1.29, 1.82) is 0 Å². The summed E-state index contributed by atoms with van der Waals surface area (Å²) in [4.78, 5) is 4.46. The Morgan fingerprint density at radius 1 is 0.791 bits per heavy atom. The molecule has 3 aromatic rings. The average Bonchev–Trinajstić information content (AvgIpc) is 2.99. The Morgan fingerprint density at radius 2 is 1.28 bits per heavy atom. The van der Waals surface area contributed by atoms with Gasteiger partial charge in [-0.1, -0.05) is 23.2 Å². The van der Waals surface area contributed by atoms with Gasteiger partial charge >= 0.3 is 0 Å². The fourth-order valence-electron chi connectivity index (χ4n) is 5.73. The first-order valence-electron chi connectivity index (χ1n) is 13.9. The molecule has 1 aliphatic rings. The van der Waals surface area contributed by atoms with Gasteiger partial charge in [-0.15, -0.1) is 0 Å². The molecular formula is C31H39Cl2N3O6S. The molecule has 9 nitrogen and oxygen atoms in total. The molecule has 0 saturated carbocycles. The number of halogens is 2. The smallest absolute Gasteiger partial charge is 0.177 e. The van der Waals surface area contributed by atoms with Crippen molar-refractivity contribution in [3.05, 3.63) is 63.6 Å². The monoisotopic (exact) mass is 651 g/mol. The van der Waals surface area contributed by atoms with Crippen LogP contribution in [0.2, 0.25) is 10.0 Å². The zero-order chi connectivity index (χ0) is 31.5. The number of nitrogens with zero attached hydrogens (tertiary/aromatic N) is 2. The summed E-state index contributed by atoms with van der Waals surface area (Å²) in [7, 11) is 2.55. The Bertz CT molecular complexity index is 1500. The fraction of sp³-hybridized carbons (Fsp3) is 0.419. The van der Waals surface area contributed by atoms with Crippen molar-refractivity contribution >= 4 is 44.4 Å². The minimum Gasteiger partial charge on any atom is -0.493 e. The van der Waals surface area contributed by atoms with E-state index in [1.54, 1.807) is 46.6 Å². The summed E-state index contributed by atoms with van der Waals surface area (Å²) >= 11 is 13.1. The molecule has 4 rings (SSSR count). The van der Waals surface area contributed by atoms with Gasteiger partial charge in [0.2, 0.25) is 0 Å². The summed E-state index contributed by atoms with van der Waals surface area (Å²) in [5.41, 5.74) is 2.84. The van der Waals surface area contributed by atoms with Crippen molar-refractivity contribution in [3.8, 4) is 23.0 Å². The molecule has 0 aliphatic carbocycles. The molecule has 1 aliphatic heterocycles. The second-order valence-electron chi connectivity index (χ2n) is 10.4. The van der Waals surface area contributed by atoms with E-state index in [2.05, 4.69) is 10.2 Å². The highest BCUT2D eigenvalue weighted by molar-refractivity contribution is 7.90. The van der Waals surface area contributed by atoms with E-state index in [1.807, 2.05) is 43.0 Å². The van der Waals surface area contributed by atoms with Crippen molar-refractivity contribution in [2.75, 3.05) is 70.7 Å². The third-order valence-electron chi connectivity index (χ3n) is 7.78. The van der Waals surface area contributed by atoms with E-state index >= 15 is 0 Å². The van der Waals surface area contributed by atoms with Crippen LogP contribution in [-0.4, -0.2) is 69.3 Å². The van der Waals surface area contributed by atoms with Gasteiger partial charge in [-0.05, 0) is 44.2 Å². The lowest BCUT2D eigenvalue weighted by Gasteiger charge is -2.40. The molecule has 0 spiro atoms. The van der Waals surface area contributed by atoms with Gasteiger partial charge in [-0.3, -0.25) is 0 Å². The van der Waals surface area contributed by atoms with E-state index in [9.17, 15) is 8.42 Å². The number of ether oxygens (including phenoxy) is 4. The largest absolute Gasteiger partial charge is 0.493 e. The van der Waals surface area contributed by atoms with Crippen molar-refractivity contribution < 1.29 is 27.4 Å². The van der Waals surface area contributed by atoms with E-state index in [4.69, 9.17) is 42.1 Å². The first-order valence-corrected chi connectivity index (χ1v) is 16.5. The average molecular weight is 653 g/mol. The van der Waals surface area contributed by atoms with Crippen molar-refractivity contribution in [2.45, 2.75) is 30.8 Å². The van der Waals surface area contributed by atoms with Crippen LogP contribution in [0.15, 0.2) is 47.4 Å². The molecule has 0 radical (unpaired) electrons. The van der Waals surface area contributed by atoms with E-state index < -0.39 is 21.9 Å². The number of hydrogen-bond donors (Lipinski definition) is 1. The van der Waals surface area contributed by atoms with Crippen LogP contribution in [-0.2, 0) is 9.84 Å². The van der Waals surface area contributed by atoms with Crippen LogP contribution in [0.1, 0.15) is 37.1 Å². The summed E-state index contributed by atoms with van der Waals surface area (Å²) < 4.78 is 49.5. The van der Waals surface area contributed by atoms with E-state index in [0.717, 1.165) is 31.9 Å². The first-order chi connectivity index (χ1) is 20.4. The highest BCUT2D eigenvalue weighted by Crippen LogP contribution is 2.48. The highest BCUT2D eigenvalue weighted by atomic mass is 35.5. The Hall–Kier alpha value is -3.05. The van der Waals surface area contributed by atoms with Gasteiger partial charge in [0.15, 0.2) is 32.8 Å². The number of methoxy groups -OCH3 is 4. The second-order valence-corrected chi connectivity index (χ2v) is 13.2. The van der Waals surface area contributed by atoms with Crippen LogP contribution < -0.4 is 34.1 Å². The zero-order valence-electron chi connectivity index (χ0n) is 25.5. The van der Waals surface area contributed by atoms with Gasteiger partial charge in [0.25, 0.3) is 0 Å². The SMILES string of the molecule is COc1cc(Cl)cc(C(C)N(c2cc(N3CCNCC3)ccc2S(C)(=O)=O)C(C)c2cc(Cl)cc(OC)c2OC)c1OC. The minimum absolute atomic E-state index is 0.186. The van der Waals surface area contributed by atoms with Crippen molar-refractivity contribution in [3.63, 3.8) is 0 Å². The number of anilines is 2. The van der Waals surface area contributed by atoms with Gasteiger partial charge in [-0.25, -0.2) is 8.42 Å². The molecule has 3 aromatic carbocycles. The fourth-order valence-corrected chi connectivity index (χ4v) is 7.02. The summed E-state index contributed by atoms with van der Waals surface area (Å²) in [6, 6.07) is 11.5. The van der Waals surface area contributed by atoms with Gasteiger partial charge in [0, 0.05) is 71.4 Å². The predicted octanol–water partition coefficient (Wildman–Crippen LogP) is 6.17. The molecule has 43 heavy (non-hydrogen) atoms. The quantitative estimate of drug-likeness (QED) is 0.261. The third-order valence-corrected chi connectivity index (χ3v) is 9.36. The van der Waals surface area contributed by atoms with Crippen LogP contribution >= 0.6 is 23.2 Å². The number of hydrogen-bond acceptors (Lipinski definition) is 9. The highest BCUT2D eigenvalue weighted by Gasteiger charge is 2.33. The maximum absolute atomic E-state index is 13.3. The number of piperazine rings is 1. The molecular weight excluding hydrogens is 613 g/mol. The Balaban J connectivity index is 2.05. The summed E-state index contributed by atoms with van der Waals surface area (Å²) in [5.74, 6) is 1.91.